The molecule has 0 amide bonds. The summed E-state index contributed by atoms with van der Waals surface area (Å²) in [6, 6.07) is 12.4. The van der Waals surface area contributed by atoms with Crippen molar-refractivity contribution in [2.24, 2.45) is 0 Å². The third-order valence-electron chi connectivity index (χ3n) is 2.96. The third-order valence-corrected chi connectivity index (χ3v) is 4.07. The fourth-order valence-corrected chi connectivity index (χ4v) is 2.81. The third kappa shape index (κ3) is 3.44. The van der Waals surface area contributed by atoms with E-state index in [1.165, 1.54) is 35.6 Å². The minimum Gasteiger partial charge on any atom is -0.439 e. The van der Waals surface area contributed by atoms with E-state index >= 15 is 0 Å². The second-order valence-electron chi connectivity index (χ2n) is 4.54. The van der Waals surface area contributed by atoms with Crippen LogP contribution in [0.2, 0.25) is 4.34 Å². The van der Waals surface area contributed by atoms with E-state index in [2.05, 4.69) is 4.98 Å². The minimum atomic E-state index is -0.875. The molecule has 0 unspecified atom stereocenters. The molecule has 3 nitrogen and oxygen atoms in total. The van der Waals surface area contributed by atoms with E-state index in [4.69, 9.17) is 16.3 Å². The van der Waals surface area contributed by atoms with Crippen molar-refractivity contribution in [3.8, 4) is 11.6 Å². The van der Waals surface area contributed by atoms with Gasteiger partial charge in [-0.2, -0.15) is 0 Å². The molecule has 3 rings (SSSR count). The molecule has 0 aliphatic rings. The Morgan fingerprint density at radius 2 is 1.95 bits per heavy atom. The Labute approximate surface area is 135 Å². The van der Waals surface area contributed by atoms with Gasteiger partial charge in [0.05, 0.1) is 10.0 Å². The summed E-state index contributed by atoms with van der Waals surface area (Å²) in [6.07, 6.45) is -0.875. The van der Waals surface area contributed by atoms with Crippen LogP contribution in [0, 0.1) is 5.82 Å². The first-order chi connectivity index (χ1) is 10.6. The summed E-state index contributed by atoms with van der Waals surface area (Å²) >= 11 is 7.22. The van der Waals surface area contributed by atoms with Crippen LogP contribution < -0.4 is 4.74 Å². The smallest absolute Gasteiger partial charge is 0.219 e. The van der Waals surface area contributed by atoms with Gasteiger partial charge >= 0.3 is 0 Å². The largest absolute Gasteiger partial charge is 0.439 e. The number of pyridine rings is 1. The molecule has 0 fully saturated rings. The van der Waals surface area contributed by atoms with E-state index in [1.807, 2.05) is 0 Å². The molecule has 6 heteroatoms. The molecule has 1 atom stereocenters. The summed E-state index contributed by atoms with van der Waals surface area (Å²) in [6.45, 7) is 0. The van der Waals surface area contributed by atoms with Gasteiger partial charge < -0.3 is 9.84 Å². The summed E-state index contributed by atoms with van der Waals surface area (Å²) in [5, 5.41) is 12.1. The normalized spacial score (nSPS) is 12.1. The number of nitrogens with zero attached hydrogens (tertiary/aromatic N) is 1. The highest BCUT2D eigenvalue weighted by Crippen LogP contribution is 2.29. The number of aromatic nitrogens is 1. The average Bonchev–Trinajstić information content (AvgIpc) is 2.96. The number of aliphatic hydroxyl groups excluding tert-OH is 1. The highest BCUT2D eigenvalue weighted by molar-refractivity contribution is 7.14. The zero-order valence-corrected chi connectivity index (χ0v) is 12.8. The number of benzene rings is 1. The molecular weight excluding hydrogens is 325 g/mol. The number of halogens is 2. The molecule has 0 bridgehead atoms. The molecular formula is C16H11ClFNO2S. The van der Waals surface area contributed by atoms with Gasteiger partial charge in [-0.05, 0) is 47.3 Å². The van der Waals surface area contributed by atoms with Gasteiger partial charge in [-0.15, -0.1) is 11.3 Å². The Kier molecular flexibility index (Phi) is 4.38. The van der Waals surface area contributed by atoms with Gasteiger partial charge in [0.15, 0.2) is 0 Å². The molecule has 2 heterocycles. The quantitative estimate of drug-likeness (QED) is 0.744. The van der Waals surface area contributed by atoms with Gasteiger partial charge in [0, 0.05) is 6.07 Å². The molecule has 22 heavy (non-hydrogen) atoms. The summed E-state index contributed by atoms with van der Waals surface area (Å²) in [7, 11) is 0. The monoisotopic (exact) mass is 335 g/mol. The second-order valence-corrected chi connectivity index (χ2v) is 6.09. The van der Waals surface area contributed by atoms with Crippen LogP contribution in [0.15, 0.2) is 53.9 Å². The SMILES string of the molecule is O[C@@H](c1csc(Cl)c1)c1cccc(Oc2ccc(F)cc2)n1. The number of aliphatic hydroxyl groups is 1. The van der Waals surface area contributed by atoms with Crippen molar-refractivity contribution in [1.29, 1.82) is 0 Å². The molecule has 0 radical (unpaired) electrons. The lowest BCUT2D eigenvalue weighted by atomic mass is 10.1. The molecule has 0 aliphatic heterocycles. The standard InChI is InChI=1S/C16H11ClFNO2S/c17-14-8-10(9-22-14)16(20)13-2-1-3-15(19-13)21-12-6-4-11(18)5-7-12/h1-9,16,20H/t16-/m0/s1. The van der Waals surface area contributed by atoms with Crippen molar-refractivity contribution in [1.82, 2.24) is 4.98 Å². The second kappa shape index (κ2) is 6.44. The van der Waals surface area contributed by atoms with Crippen molar-refractivity contribution in [2.45, 2.75) is 6.10 Å². The molecule has 0 aliphatic carbocycles. The van der Waals surface area contributed by atoms with Gasteiger partial charge in [0.1, 0.15) is 17.7 Å². The van der Waals surface area contributed by atoms with Gasteiger partial charge in [0.25, 0.3) is 0 Å². The van der Waals surface area contributed by atoms with Crippen LogP contribution in [0.4, 0.5) is 4.39 Å². The first kappa shape index (κ1) is 15.0. The van der Waals surface area contributed by atoms with Crippen LogP contribution in [-0.4, -0.2) is 10.1 Å². The van der Waals surface area contributed by atoms with E-state index in [9.17, 15) is 9.50 Å². The van der Waals surface area contributed by atoms with Gasteiger partial charge in [0.2, 0.25) is 5.88 Å². The Morgan fingerprint density at radius 1 is 1.18 bits per heavy atom. The van der Waals surface area contributed by atoms with Crippen molar-refractivity contribution in [2.75, 3.05) is 0 Å². The number of rotatable bonds is 4. The van der Waals surface area contributed by atoms with Crippen molar-refractivity contribution in [3.63, 3.8) is 0 Å². The summed E-state index contributed by atoms with van der Waals surface area (Å²) in [5.74, 6) is 0.461. The average molecular weight is 336 g/mol. The Bertz CT molecular complexity index is 776. The van der Waals surface area contributed by atoms with E-state index in [1.54, 1.807) is 29.6 Å². The summed E-state index contributed by atoms with van der Waals surface area (Å²) in [4.78, 5) is 4.27. The Balaban J connectivity index is 1.81. The highest BCUT2D eigenvalue weighted by Gasteiger charge is 2.14. The van der Waals surface area contributed by atoms with Crippen LogP contribution in [0.3, 0.4) is 0 Å². The summed E-state index contributed by atoms with van der Waals surface area (Å²) < 4.78 is 19.0. The predicted molar refractivity (Wildman–Crippen MR) is 84.1 cm³/mol. The predicted octanol–water partition coefficient (Wildman–Crippen LogP) is 4.81. The van der Waals surface area contributed by atoms with Crippen molar-refractivity contribution >= 4 is 22.9 Å². The van der Waals surface area contributed by atoms with Crippen LogP contribution >= 0.6 is 22.9 Å². The van der Waals surface area contributed by atoms with E-state index in [0.29, 0.717) is 27.2 Å². The lowest BCUT2D eigenvalue weighted by Crippen LogP contribution is -2.01. The molecule has 1 N–H and O–H groups in total. The van der Waals surface area contributed by atoms with Crippen LogP contribution in [0.5, 0.6) is 11.6 Å². The molecule has 0 saturated carbocycles. The maximum atomic E-state index is 12.9. The number of thiophene rings is 1. The first-order valence-electron chi connectivity index (χ1n) is 6.44. The molecule has 3 aromatic rings. The Hall–Kier alpha value is -1.95. The van der Waals surface area contributed by atoms with E-state index in [0.717, 1.165) is 0 Å². The number of hydrogen-bond donors (Lipinski definition) is 1. The molecule has 1 aromatic carbocycles. The van der Waals surface area contributed by atoms with Crippen molar-refractivity contribution < 1.29 is 14.2 Å². The summed E-state index contributed by atoms with van der Waals surface area (Å²) in [5.41, 5.74) is 1.13. The zero-order chi connectivity index (χ0) is 15.5. The number of hydrogen-bond acceptors (Lipinski definition) is 4. The highest BCUT2D eigenvalue weighted by atomic mass is 35.5. The Morgan fingerprint density at radius 3 is 2.64 bits per heavy atom. The molecule has 0 saturated heterocycles. The van der Waals surface area contributed by atoms with Gasteiger partial charge in [-0.3, -0.25) is 0 Å². The van der Waals surface area contributed by atoms with Gasteiger partial charge in [-0.25, -0.2) is 9.37 Å². The van der Waals surface area contributed by atoms with Crippen molar-refractivity contribution in [3.05, 3.63) is 75.3 Å². The van der Waals surface area contributed by atoms with Crippen LogP contribution in [0.25, 0.3) is 0 Å². The lowest BCUT2D eigenvalue weighted by Gasteiger charge is -2.10. The van der Waals surface area contributed by atoms with Crippen LogP contribution in [0.1, 0.15) is 17.4 Å². The van der Waals surface area contributed by atoms with Crippen LogP contribution in [-0.2, 0) is 0 Å². The topological polar surface area (TPSA) is 42.4 Å². The zero-order valence-electron chi connectivity index (χ0n) is 11.2. The number of ether oxygens (including phenoxy) is 1. The van der Waals surface area contributed by atoms with E-state index < -0.39 is 6.10 Å². The first-order valence-corrected chi connectivity index (χ1v) is 7.70. The maximum absolute atomic E-state index is 12.9. The van der Waals surface area contributed by atoms with Gasteiger partial charge in [-0.1, -0.05) is 17.7 Å². The fraction of sp³-hybridized carbons (Fsp3) is 0.0625. The molecule has 112 valence electrons. The maximum Gasteiger partial charge on any atom is 0.219 e. The minimum absolute atomic E-state index is 0.324. The molecule has 2 aromatic heterocycles. The molecule has 0 spiro atoms. The lowest BCUT2D eigenvalue weighted by molar-refractivity contribution is 0.214. The fourth-order valence-electron chi connectivity index (χ4n) is 1.90. The van der Waals surface area contributed by atoms with E-state index in [-0.39, 0.29) is 5.82 Å².